The molecule has 104 valence electrons. The van der Waals surface area contributed by atoms with E-state index in [9.17, 15) is 9.59 Å². The molecule has 0 spiro atoms. The zero-order valence-corrected chi connectivity index (χ0v) is 11.2. The molecule has 3 rings (SSSR count). The Morgan fingerprint density at radius 3 is 2.75 bits per heavy atom. The van der Waals surface area contributed by atoms with Crippen LogP contribution >= 0.6 is 0 Å². The average molecular weight is 271 g/mol. The summed E-state index contributed by atoms with van der Waals surface area (Å²) in [5.41, 5.74) is 6.74. The van der Waals surface area contributed by atoms with Crippen LogP contribution in [-0.4, -0.2) is 15.9 Å². The maximum atomic E-state index is 12.3. The summed E-state index contributed by atoms with van der Waals surface area (Å²) < 4.78 is 0. The van der Waals surface area contributed by atoms with E-state index in [4.69, 9.17) is 5.73 Å². The summed E-state index contributed by atoms with van der Waals surface area (Å²) >= 11 is 0. The number of nitrogens with zero attached hydrogens (tertiary/aromatic N) is 1. The predicted molar refractivity (Wildman–Crippen MR) is 76.7 cm³/mol. The lowest BCUT2D eigenvalue weighted by molar-refractivity contribution is 0.0997. The van der Waals surface area contributed by atoms with Crippen LogP contribution in [0.4, 0.5) is 0 Å². The van der Waals surface area contributed by atoms with Crippen molar-refractivity contribution in [1.29, 1.82) is 0 Å². The van der Waals surface area contributed by atoms with Crippen molar-refractivity contribution in [2.75, 3.05) is 0 Å². The van der Waals surface area contributed by atoms with E-state index in [0.717, 1.165) is 18.5 Å². The fourth-order valence-corrected chi connectivity index (χ4v) is 3.04. The maximum absolute atomic E-state index is 12.3. The second-order valence-corrected chi connectivity index (χ2v) is 5.37. The summed E-state index contributed by atoms with van der Waals surface area (Å²) in [5.74, 6) is -0.266. The topological polar surface area (TPSA) is 88.8 Å². The number of aromatic nitrogens is 2. The van der Waals surface area contributed by atoms with E-state index in [-0.39, 0.29) is 11.1 Å². The lowest BCUT2D eigenvalue weighted by Crippen LogP contribution is -2.19. The molecule has 1 aliphatic carbocycles. The van der Waals surface area contributed by atoms with Gasteiger partial charge >= 0.3 is 0 Å². The molecule has 0 radical (unpaired) electrons. The maximum Gasteiger partial charge on any atom is 0.268 e. The Hall–Kier alpha value is -2.17. The van der Waals surface area contributed by atoms with Crippen LogP contribution in [0.25, 0.3) is 10.9 Å². The Balaban J connectivity index is 2.15. The first-order chi connectivity index (χ1) is 9.66. The summed E-state index contributed by atoms with van der Waals surface area (Å²) in [6.07, 6.45) is 7.39. The number of nitrogens with two attached hydrogens (primary N) is 1. The SMILES string of the molecule is NC(=O)c1nccc2[nH]c(C3CCCCC3)cc(=O)c12. The lowest BCUT2D eigenvalue weighted by atomic mass is 9.86. The molecular weight excluding hydrogens is 254 g/mol. The molecule has 0 bridgehead atoms. The van der Waals surface area contributed by atoms with Gasteiger partial charge in [0.2, 0.25) is 0 Å². The molecule has 0 aromatic carbocycles. The van der Waals surface area contributed by atoms with Gasteiger partial charge in [-0.1, -0.05) is 19.3 Å². The molecule has 1 amide bonds. The molecule has 5 nitrogen and oxygen atoms in total. The van der Waals surface area contributed by atoms with Crippen molar-refractivity contribution in [2.45, 2.75) is 38.0 Å². The van der Waals surface area contributed by atoms with E-state index >= 15 is 0 Å². The summed E-state index contributed by atoms with van der Waals surface area (Å²) in [7, 11) is 0. The summed E-state index contributed by atoms with van der Waals surface area (Å²) in [6.45, 7) is 0. The Morgan fingerprint density at radius 2 is 2.05 bits per heavy atom. The highest BCUT2D eigenvalue weighted by atomic mass is 16.1. The number of nitrogens with one attached hydrogen (secondary N) is 1. The number of amides is 1. The van der Waals surface area contributed by atoms with Crippen molar-refractivity contribution in [3.05, 3.63) is 39.9 Å². The van der Waals surface area contributed by atoms with Gasteiger partial charge in [-0.2, -0.15) is 0 Å². The zero-order chi connectivity index (χ0) is 14.1. The van der Waals surface area contributed by atoms with Crippen molar-refractivity contribution < 1.29 is 4.79 Å². The van der Waals surface area contributed by atoms with E-state index in [1.165, 1.54) is 25.5 Å². The number of primary amides is 1. The fourth-order valence-electron chi connectivity index (χ4n) is 3.04. The molecular formula is C15H17N3O2. The van der Waals surface area contributed by atoms with E-state index < -0.39 is 5.91 Å². The van der Waals surface area contributed by atoms with Crippen LogP contribution in [0.1, 0.15) is 54.2 Å². The van der Waals surface area contributed by atoms with Crippen LogP contribution < -0.4 is 11.2 Å². The van der Waals surface area contributed by atoms with Gasteiger partial charge in [0.15, 0.2) is 5.43 Å². The minimum atomic E-state index is -0.675. The number of carbonyl (C=O) groups excluding carboxylic acids is 1. The van der Waals surface area contributed by atoms with Crippen LogP contribution in [0.2, 0.25) is 0 Å². The standard InChI is InChI=1S/C15H17N3O2/c16-15(20)14-13-10(6-7-17-14)18-11(8-12(13)19)9-4-2-1-3-5-9/h6-9H,1-5H2,(H2,16,20)(H,18,19). The van der Waals surface area contributed by atoms with Crippen molar-refractivity contribution >= 4 is 16.8 Å². The highest BCUT2D eigenvalue weighted by Crippen LogP contribution is 2.31. The number of pyridine rings is 2. The normalized spacial score (nSPS) is 16.4. The van der Waals surface area contributed by atoms with Gasteiger partial charge in [-0.15, -0.1) is 0 Å². The third kappa shape index (κ3) is 2.19. The number of hydrogen-bond donors (Lipinski definition) is 2. The van der Waals surface area contributed by atoms with Crippen LogP contribution in [-0.2, 0) is 0 Å². The van der Waals surface area contributed by atoms with Gasteiger partial charge in [0.1, 0.15) is 5.69 Å². The molecule has 1 fully saturated rings. The van der Waals surface area contributed by atoms with Gasteiger partial charge in [-0.25, -0.2) is 0 Å². The molecule has 1 saturated carbocycles. The number of rotatable bonds is 2. The minimum absolute atomic E-state index is 0.0407. The van der Waals surface area contributed by atoms with Crippen molar-refractivity contribution in [2.24, 2.45) is 5.73 Å². The third-order valence-corrected chi connectivity index (χ3v) is 4.04. The quantitative estimate of drug-likeness (QED) is 0.876. The number of carbonyl (C=O) groups is 1. The molecule has 20 heavy (non-hydrogen) atoms. The predicted octanol–water partition coefficient (Wildman–Crippen LogP) is 2.07. The molecule has 2 aromatic rings. The second kappa shape index (κ2) is 5.07. The van der Waals surface area contributed by atoms with Crippen molar-refractivity contribution in [3.63, 3.8) is 0 Å². The van der Waals surface area contributed by atoms with Crippen LogP contribution in [0, 0.1) is 0 Å². The van der Waals surface area contributed by atoms with E-state index in [1.807, 2.05) is 0 Å². The number of H-pyrrole nitrogens is 1. The lowest BCUT2D eigenvalue weighted by Gasteiger charge is -2.21. The molecule has 1 aliphatic rings. The van der Waals surface area contributed by atoms with Crippen molar-refractivity contribution in [3.8, 4) is 0 Å². The number of hydrogen-bond acceptors (Lipinski definition) is 3. The highest BCUT2D eigenvalue weighted by molar-refractivity contribution is 6.03. The average Bonchev–Trinajstić information content (AvgIpc) is 2.47. The Morgan fingerprint density at radius 1 is 1.30 bits per heavy atom. The first-order valence-electron chi connectivity index (χ1n) is 6.98. The van der Waals surface area contributed by atoms with Gasteiger partial charge in [0.25, 0.3) is 5.91 Å². The summed E-state index contributed by atoms with van der Waals surface area (Å²) in [4.78, 5) is 30.9. The molecule has 2 heterocycles. The Bertz CT molecular complexity index is 715. The second-order valence-electron chi connectivity index (χ2n) is 5.37. The minimum Gasteiger partial charge on any atom is -0.364 e. The Labute approximate surface area is 116 Å². The molecule has 0 saturated heterocycles. The molecule has 2 aromatic heterocycles. The number of aromatic amines is 1. The van der Waals surface area contributed by atoms with Crippen LogP contribution in [0.3, 0.4) is 0 Å². The van der Waals surface area contributed by atoms with E-state index in [0.29, 0.717) is 16.8 Å². The van der Waals surface area contributed by atoms with Gasteiger partial charge in [0.05, 0.1) is 10.9 Å². The summed E-state index contributed by atoms with van der Waals surface area (Å²) in [5, 5.41) is 0.291. The van der Waals surface area contributed by atoms with Gasteiger partial charge in [-0.05, 0) is 24.8 Å². The molecule has 0 atom stereocenters. The molecule has 0 aliphatic heterocycles. The first-order valence-corrected chi connectivity index (χ1v) is 6.98. The molecule has 3 N–H and O–H groups in total. The van der Waals surface area contributed by atoms with Gasteiger partial charge < -0.3 is 10.7 Å². The summed E-state index contributed by atoms with van der Waals surface area (Å²) in [6, 6.07) is 3.32. The molecule has 5 heteroatoms. The largest absolute Gasteiger partial charge is 0.364 e. The smallest absolute Gasteiger partial charge is 0.268 e. The fraction of sp³-hybridized carbons (Fsp3) is 0.400. The van der Waals surface area contributed by atoms with Gasteiger partial charge in [-0.3, -0.25) is 14.6 Å². The third-order valence-electron chi connectivity index (χ3n) is 4.04. The van der Waals surface area contributed by atoms with E-state index in [1.54, 1.807) is 12.1 Å². The molecule has 0 unspecified atom stereocenters. The van der Waals surface area contributed by atoms with Crippen LogP contribution in [0.5, 0.6) is 0 Å². The highest BCUT2D eigenvalue weighted by Gasteiger charge is 2.19. The van der Waals surface area contributed by atoms with E-state index in [2.05, 4.69) is 9.97 Å². The van der Waals surface area contributed by atoms with Crippen LogP contribution in [0.15, 0.2) is 23.1 Å². The van der Waals surface area contributed by atoms with Crippen molar-refractivity contribution in [1.82, 2.24) is 9.97 Å². The zero-order valence-electron chi connectivity index (χ0n) is 11.2. The number of fused-ring (bicyclic) bond motifs is 1. The monoisotopic (exact) mass is 271 g/mol. The first kappa shape index (κ1) is 12.8. The Kier molecular flexibility index (Phi) is 3.26. The van der Waals surface area contributed by atoms with Gasteiger partial charge in [0, 0.05) is 18.0 Å².